The van der Waals surface area contributed by atoms with Crippen LogP contribution in [0.25, 0.3) is 22.2 Å². The van der Waals surface area contributed by atoms with Crippen molar-refractivity contribution in [3.05, 3.63) is 64.6 Å². The first-order valence-corrected chi connectivity index (χ1v) is 10.4. The number of fused-ring (bicyclic) bond motifs is 1. The molecule has 0 N–H and O–H groups in total. The fourth-order valence-electron chi connectivity index (χ4n) is 3.88. The number of carbonyl (C=O) groups is 1. The van der Waals surface area contributed by atoms with E-state index in [-0.39, 0.29) is 5.91 Å². The summed E-state index contributed by atoms with van der Waals surface area (Å²) in [6.07, 6.45) is 2.03. The molecule has 1 amide bonds. The van der Waals surface area contributed by atoms with Gasteiger partial charge in [-0.25, -0.2) is 4.98 Å². The number of rotatable bonds is 3. The Morgan fingerprint density at radius 3 is 2.43 bits per heavy atom. The molecule has 5 heteroatoms. The van der Waals surface area contributed by atoms with E-state index in [1.807, 2.05) is 59.5 Å². The number of carbonyl (C=O) groups excluding carboxylic acids is 1. The van der Waals surface area contributed by atoms with Crippen LogP contribution in [0.4, 0.5) is 0 Å². The largest absolute Gasteiger partial charge is 0.339 e. The average Bonchev–Trinajstić information content (AvgIpc) is 2.73. The number of amides is 1. The van der Waals surface area contributed by atoms with Crippen molar-refractivity contribution in [3.63, 3.8) is 0 Å². The topological polar surface area (TPSA) is 36.4 Å². The van der Waals surface area contributed by atoms with E-state index in [2.05, 4.69) is 34.9 Å². The smallest absolute Gasteiger partial charge is 0.254 e. The van der Waals surface area contributed by atoms with Gasteiger partial charge in [-0.1, -0.05) is 46.3 Å². The highest BCUT2D eigenvalue weighted by Crippen LogP contribution is 2.28. The van der Waals surface area contributed by atoms with Gasteiger partial charge in [-0.2, -0.15) is 0 Å². The van der Waals surface area contributed by atoms with Crippen molar-refractivity contribution >= 4 is 32.7 Å². The normalized spacial score (nSPS) is 15.4. The molecule has 0 radical (unpaired) electrons. The number of para-hydroxylation sites is 1. The van der Waals surface area contributed by atoms with Crippen LogP contribution < -0.4 is 0 Å². The van der Waals surface area contributed by atoms with Crippen LogP contribution in [0.5, 0.6) is 0 Å². The van der Waals surface area contributed by atoms with Crippen molar-refractivity contribution in [2.75, 3.05) is 27.2 Å². The fraction of sp³-hybridized carbons (Fsp3) is 0.304. The third kappa shape index (κ3) is 3.82. The van der Waals surface area contributed by atoms with Gasteiger partial charge >= 0.3 is 0 Å². The molecule has 0 bridgehead atoms. The van der Waals surface area contributed by atoms with Gasteiger partial charge in [-0.15, -0.1) is 0 Å². The molecular weight excluding hydrogens is 414 g/mol. The summed E-state index contributed by atoms with van der Waals surface area (Å²) >= 11 is 3.48. The number of piperidine rings is 1. The molecule has 28 heavy (non-hydrogen) atoms. The lowest BCUT2D eigenvalue weighted by molar-refractivity contribution is 0.0665. The summed E-state index contributed by atoms with van der Waals surface area (Å²) in [6, 6.07) is 18.5. The number of pyridine rings is 1. The Bertz CT molecular complexity index is 992. The first-order valence-electron chi connectivity index (χ1n) is 9.64. The highest BCUT2D eigenvalue weighted by atomic mass is 79.9. The zero-order chi connectivity index (χ0) is 19.7. The second kappa shape index (κ2) is 8.02. The molecule has 4 rings (SSSR count). The Morgan fingerprint density at radius 2 is 1.75 bits per heavy atom. The van der Waals surface area contributed by atoms with Crippen molar-refractivity contribution < 1.29 is 4.79 Å². The van der Waals surface area contributed by atoms with E-state index in [0.717, 1.165) is 58.1 Å². The molecule has 1 aliphatic heterocycles. The first kappa shape index (κ1) is 19.1. The summed E-state index contributed by atoms with van der Waals surface area (Å²) in [4.78, 5) is 22.5. The van der Waals surface area contributed by atoms with Crippen LogP contribution in [0, 0.1) is 0 Å². The van der Waals surface area contributed by atoms with Crippen molar-refractivity contribution in [1.82, 2.24) is 14.8 Å². The maximum atomic E-state index is 13.4. The van der Waals surface area contributed by atoms with Crippen LogP contribution in [0.2, 0.25) is 0 Å². The summed E-state index contributed by atoms with van der Waals surface area (Å²) < 4.78 is 1.03. The molecule has 1 fully saturated rings. The number of aromatic nitrogens is 1. The quantitative estimate of drug-likeness (QED) is 0.588. The van der Waals surface area contributed by atoms with Crippen molar-refractivity contribution in [2.45, 2.75) is 18.9 Å². The minimum absolute atomic E-state index is 0.106. The first-order chi connectivity index (χ1) is 13.5. The summed E-state index contributed by atoms with van der Waals surface area (Å²) in [7, 11) is 4.23. The van der Waals surface area contributed by atoms with E-state index in [1.54, 1.807) is 0 Å². The van der Waals surface area contributed by atoms with Gasteiger partial charge in [0, 0.05) is 34.6 Å². The second-order valence-electron chi connectivity index (χ2n) is 7.57. The van der Waals surface area contributed by atoms with Crippen LogP contribution in [-0.4, -0.2) is 53.9 Å². The average molecular weight is 438 g/mol. The van der Waals surface area contributed by atoms with Gasteiger partial charge in [0.1, 0.15) is 0 Å². The molecule has 0 saturated carbocycles. The molecule has 1 aliphatic rings. The molecule has 0 unspecified atom stereocenters. The maximum absolute atomic E-state index is 13.4. The minimum Gasteiger partial charge on any atom is -0.339 e. The molecule has 144 valence electrons. The highest BCUT2D eigenvalue weighted by Gasteiger charge is 2.26. The Morgan fingerprint density at radius 1 is 1.07 bits per heavy atom. The summed E-state index contributed by atoms with van der Waals surface area (Å²) in [6.45, 7) is 1.60. The number of benzene rings is 2. The molecule has 0 aliphatic carbocycles. The second-order valence-corrected chi connectivity index (χ2v) is 8.48. The Kier molecular flexibility index (Phi) is 5.47. The van der Waals surface area contributed by atoms with E-state index in [9.17, 15) is 4.79 Å². The standard InChI is InChI=1S/C23H24BrN3O/c1-26(2)18-11-13-27(14-12-18)23(28)20-15-22(16-7-9-17(24)10-8-16)25-21-6-4-3-5-19(20)21/h3-10,15,18H,11-14H2,1-2H3. The molecule has 1 aromatic heterocycles. The number of hydrogen-bond donors (Lipinski definition) is 0. The highest BCUT2D eigenvalue weighted by molar-refractivity contribution is 9.10. The fourth-order valence-corrected chi connectivity index (χ4v) is 4.14. The van der Waals surface area contributed by atoms with Gasteiger partial charge in [0.25, 0.3) is 5.91 Å². The van der Waals surface area contributed by atoms with E-state index in [1.165, 1.54) is 0 Å². The Balaban J connectivity index is 1.71. The summed E-state index contributed by atoms with van der Waals surface area (Å²) in [5.74, 6) is 0.106. The summed E-state index contributed by atoms with van der Waals surface area (Å²) in [5.41, 5.74) is 3.44. The number of halogens is 1. The SMILES string of the molecule is CN(C)C1CCN(C(=O)c2cc(-c3ccc(Br)cc3)nc3ccccc23)CC1. The lowest BCUT2D eigenvalue weighted by Crippen LogP contribution is -2.44. The Hall–Kier alpha value is -2.24. The lowest BCUT2D eigenvalue weighted by Gasteiger charge is -2.35. The maximum Gasteiger partial charge on any atom is 0.254 e. The monoisotopic (exact) mass is 437 g/mol. The van der Waals surface area contributed by atoms with Crippen molar-refractivity contribution in [1.29, 1.82) is 0 Å². The Labute approximate surface area is 174 Å². The minimum atomic E-state index is 0.106. The summed E-state index contributed by atoms with van der Waals surface area (Å²) in [5, 5.41) is 0.920. The molecule has 4 nitrogen and oxygen atoms in total. The van der Waals surface area contributed by atoms with E-state index in [4.69, 9.17) is 4.98 Å². The van der Waals surface area contributed by atoms with Crippen LogP contribution in [0.15, 0.2) is 59.1 Å². The third-order valence-electron chi connectivity index (χ3n) is 5.57. The predicted molar refractivity (Wildman–Crippen MR) is 117 cm³/mol. The molecule has 3 aromatic rings. The van der Waals surface area contributed by atoms with Gasteiger partial charge in [0.15, 0.2) is 0 Å². The van der Waals surface area contributed by atoms with Crippen molar-refractivity contribution in [2.24, 2.45) is 0 Å². The number of hydrogen-bond acceptors (Lipinski definition) is 3. The van der Waals surface area contributed by atoms with Gasteiger partial charge in [0.2, 0.25) is 0 Å². The molecule has 0 atom stereocenters. The van der Waals surface area contributed by atoms with Gasteiger partial charge in [0.05, 0.1) is 16.8 Å². The van der Waals surface area contributed by atoms with Gasteiger partial charge in [-0.05, 0) is 51.2 Å². The van der Waals surface area contributed by atoms with Gasteiger partial charge < -0.3 is 9.80 Å². The predicted octanol–water partition coefficient (Wildman–Crippen LogP) is 4.83. The van der Waals surface area contributed by atoms with Crippen LogP contribution in [0.1, 0.15) is 23.2 Å². The van der Waals surface area contributed by atoms with E-state index < -0.39 is 0 Å². The molecular formula is C23H24BrN3O. The van der Waals surface area contributed by atoms with E-state index in [0.29, 0.717) is 6.04 Å². The zero-order valence-corrected chi connectivity index (χ0v) is 17.8. The zero-order valence-electron chi connectivity index (χ0n) is 16.2. The lowest BCUT2D eigenvalue weighted by atomic mass is 10.00. The third-order valence-corrected chi connectivity index (χ3v) is 6.10. The van der Waals surface area contributed by atoms with Crippen LogP contribution in [-0.2, 0) is 0 Å². The van der Waals surface area contributed by atoms with Gasteiger partial charge in [-0.3, -0.25) is 4.79 Å². The molecule has 0 spiro atoms. The molecule has 2 aromatic carbocycles. The molecule has 2 heterocycles. The molecule has 1 saturated heterocycles. The number of likely N-dealkylation sites (tertiary alicyclic amines) is 1. The van der Waals surface area contributed by atoms with Crippen LogP contribution in [0.3, 0.4) is 0 Å². The van der Waals surface area contributed by atoms with Crippen molar-refractivity contribution in [3.8, 4) is 11.3 Å². The number of nitrogens with zero attached hydrogens (tertiary/aromatic N) is 3. The van der Waals surface area contributed by atoms with Crippen LogP contribution >= 0.6 is 15.9 Å². The van der Waals surface area contributed by atoms with E-state index >= 15 is 0 Å².